The number of para-hydroxylation sites is 1. The van der Waals surface area contributed by atoms with E-state index in [4.69, 9.17) is 16.3 Å². The molecule has 0 atom stereocenters. The quantitative estimate of drug-likeness (QED) is 0.530. The minimum Gasteiger partial charge on any atom is -0.444 e. The van der Waals surface area contributed by atoms with Gasteiger partial charge >= 0.3 is 6.09 Å². The van der Waals surface area contributed by atoms with Crippen LogP contribution in [0.1, 0.15) is 24.0 Å². The molecule has 29 heavy (non-hydrogen) atoms. The van der Waals surface area contributed by atoms with E-state index in [1.165, 1.54) is 10.4 Å². The lowest BCUT2D eigenvalue weighted by molar-refractivity contribution is 0.135. The summed E-state index contributed by atoms with van der Waals surface area (Å²) in [5.74, 6) is 0. The molecule has 2 aliphatic heterocycles. The Labute approximate surface area is 189 Å². The van der Waals surface area contributed by atoms with Crippen molar-refractivity contribution in [2.75, 3.05) is 18.0 Å². The first-order chi connectivity index (χ1) is 13.8. The molecule has 9 heteroatoms. The van der Waals surface area contributed by atoms with Crippen LogP contribution in [0.3, 0.4) is 0 Å². The third kappa shape index (κ3) is 3.87. The van der Waals surface area contributed by atoms with Crippen molar-refractivity contribution in [1.29, 1.82) is 0 Å². The predicted molar refractivity (Wildman–Crippen MR) is 120 cm³/mol. The summed E-state index contributed by atoms with van der Waals surface area (Å²) >= 11 is 8.03. The maximum absolute atomic E-state index is 13.1. The fourth-order valence-corrected chi connectivity index (χ4v) is 6.93. The van der Waals surface area contributed by atoms with Crippen molar-refractivity contribution in [3.63, 3.8) is 0 Å². The van der Waals surface area contributed by atoms with Crippen LogP contribution >= 0.6 is 34.2 Å². The molecule has 1 fully saturated rings. The zero-order valence-electron chi connectivity index (χ0n) is 15.8. The van der Waals surface area contributed by atoms with Gasteiger partial charge in [0, 0.05) is 33.3 Å². The molecule has 1 amide bonds. The number of halogens is 2. The summed E-state index contributed by atoms with van der Waals surface area (Å²) in [5.41, 5.74) is 2.89. The molecule has 2 aliphatic rings. The topological polar surface area (TPSA) is 66.9 Å². The minimum atomic E-state index is -3.64. The number of aryl methyl sites for hydroxylation is 1. The molecule has 2 aromatic rings. The summed E-state index contributed by atoms with van der Waals surface area (Å²) in [4.78, 5) is 14.5. The molecular weight excluding hydrogens is 527 g/mol. The van der Waals surface area contributed by atoms with Crippen molar-refractivity contribution in [1.82, 2.24) is 4.31 Å². The van der Waals surface area contributed by atoms with E-state index in [-0.39, 0.29) is 23.6 Å². The van der Waals surface area contributed by atoms with Crippen molar-refractivity contribution >= 4 is 56.0 Å². The fraction of sp³-hybridized carbons (Fsp3) is 0.350. The van der Waals surface area contributed by atoms with Crippen LogP contribution in [-0.4, -0.2) is 37.9 Å². The lowest BCUT2D eigenvalue weighted by Gasteiger charge is -2.40. The Hall–Kier alpha value is -1.36. The van der Waals surface area contributed by atoms with Crippen LogP contribution in [0, 0.1) is 10.5 Å². The van der Waals surface area contributed by atoms with E-state index < -0.39 is 10.0 Å². The number of fused-ring (bicyclic) bond motifs is 1. The van der Waals surface area contributed by atoms with Gasteiger partial charge < -0.3 is 4.74 Å². The van der Waals surface area contributed by atoms with Gasteiger partial charge in [-0.3, -0.25) is 4.90 Å². The van der Waals surface area contributed by atoms with Gasteiger partial charge in [-0.15, -0.1) is 0 Å². The highest BCUT2D eigenvalue weighted by Crippen LogP contribution is 2.35. The van der Waals surface area contributed by atoms with Crippen LogP contribution in [-0.2, 0) is 21.4 Å². The molecule has 0 spiro atoms. The maximum atomic E-state index is 13.1. The Balaban J connectivity index is 1.56. The van der Waals surface area contributed by atoms with Gasteiger partial charge in [0.15, 0.2) is 0 Å². The first-order valence-corrected chi connectivity index (χ1v) is 12.2. The first-order valence-electron chi connectivity index (χ1n) is 9.28. The van der Waals surface area contributed by atoms with E-state index in [0.29, 0.717) is 34.5 Å². The number of ether oxygens (including phenoxy) is 1. The van der Waals surface area contributed by atoms with E-state index in [1.54, 1.807) is 17.0 Å². The van der Waals surface area contributed by atoms with Crippen LogP contribution < -0.4 is 4.90 Å². The molecule has 2 aromatic carbocycles. The molecule has 0 radical (unpaired) electrons. The van der Waals surface area contributed by atoms with Gasteiger partial charge in [0.1, 0.15) is 6.61 Å². The van der Waals surface area contributed by atoms with Crippen LogP contribution in [0.25, 0.3) is 0 Å². The number of hydrogen-bond donors (Lipinski definition) is 0. The molecule has 1 saturated heterocycles. The number of rotatable bonds is 3. The zero-order valence-corrected chi connectivity index (χ0v) is 19.5. The van der Waals surface area contributed by atoms with E-state index in [0.717, 1.165) is 16.8 Å². The largest absolute Gasteiger partial charge is 0.444 e. The van der Waals surface area contributed by atoms with Crippen molar-refractivity contribution in [2.45, 2.75) is 37.3 Å². The van der Waals surface area contributed by atoms with Crippen molar-refractivity contribution in [2.24, 2.45) is 0 Å². The number of amides is 1. The summed E-state index contributed by atoms with van der Waals surface area (Å²) in [7, 11) is -3.64. The van der Waals surface area contributed by atoms with Crippen molar-refractivity contribution in [3.8, 4) is 0 Å². The highest BCUT2D eigenvalue weighted by Gasteiger charge is 2.38. The van der Waals surface area contributed by atoms with Crippen molar-refractivity contribution in [3.05, 3.63) is 56.1 Å². The van der Waals surface area contributed by atoms with E-state index in [9.17, 15) is 13.2 Å². The van der Waals surface area contributed by atoms with Crippen LogP contribution in [0.2, 0.25) is 5.02 Å². The summed E-state index contributed by atoms with van der Waals surface area (Å²) < 4.78 is 33.7. The molecule has 6 nitrogen and oxygen atoms in total. The third-order valence-electron chi connectivity index (χ3n) is 5.41. The number of cyclic esters (lactones) is 1. The van der Waals surface area contributed by atoms with Gasteiger partial charge in [0.05, 0.1) is 10.6 Å². The first kappa shape index (κ1) is 20.9. The molecular formula is C20H20ClIN2O4S. The summed E-state index contributed by atoms with van der Waals surface area (Å²) in [6, 6.07) is 10.7. The molecule has 0 aliphatic carbocycles. The lowest BCUT2D eigenvalue weighted by Crippen LogP contribution is -2.50. The lowest BCUT2D eigenvalue weighted by atomic mass is 10.00. The highest BCUT2D eigenvalue weighted by molar-refractivity contribution is 14.1. The second kappa shape index (κ2) is 8.05. The number of piperidine rings is 1. The molecule has 2 heterocycles. The van der Waals surface area contributed by atoms with Gasteiger partial charge in [-0.05, 0) is 66.1 Å². The predicted octanol–water partition coefficient (Wildman–Crippen LogP) is 4.56. The number of sulfonamides is 1. The molecule has 0 bridgehead atoms. The number of anilines is 1. The third-order valence-corrected chi connectivity index (χ3v) is 8.89. The molecule has 4 rings (SSSR count). The number of hydrogen-bond acceptors (Lipinski definition) is 4. The van der Waals surface area contributed by atoms with Gasteiger partial charge in [-0.2, -0.15) is 4.31 Å². The Morgan fingerprint density at radius 3 is 2.62 bits per heavy atom. The monoisotopic (exact) mass is 546 g/mol. The SMILES string of the molecule is Cc1cccc2c1N(C1CCN(S(=O)(=O)c3cc(Cl)ccc3I)CC1)C(=O)OC2. The number of nitrogens with zero attached hydrogens (tertiary/aromatic N) is 2. The second-order valence-corrected chi connectivity index (χ2v) is 10.7. The summed E-state index contributed by atoms with van der Waals surface area (Å²) in [6.07, 6.45) is 0.718. The van der Waals surface area contributed by atoms with Crippen molar-refractivity contribution < 1.29 is 17.9 Å². The fourth-order valence-electron chi connectivity index (χ4n) is 3.97. The van der Waals surface area contributed by atoms with Gasteiger partial charge in [-0.1, -0.05) is 29.8 Å². The smallest absolute Gasteiger partial charge is 0.414 e. The average molecular weight is 547 g/mol. The Bertz CT molecular complexity index is 1070. The maximum Gasteiger partial charge on any atom is 0.414 e. The normalized spacial score (nSPS) is 18.4. The van der Waals surface area contributed by atoms with E-state index in [1.807, 2.05) is 47.7 Å². The van der Waals surface area contributed by atoms with Gasteiger partial charge in [0.25, 0.3) is 0 Å². The summed E-state index contributed by atoms with van der Waals surface area (Å²) in [5, 5.41) is 0.391. The van der Waals surface area contributed by atoms with Gasteiger partial charge in [-0.25, -0.2) is 13.2 Å². The Kier molecular flexibility index (Phi) is 5.80. The van der Waals surface area contributed by atoms with Crippen LogP contribution in [0.4, 0.5) is 10.5 Å². The van der Waals surface area contributed by atoms with E-state index in [2.05, 4.69) is 0 Å². The number of carbonyl (C=O) groups excluding carboxylic acids is 1. The zero-order chi connectivity index (χ0) is 20.8. The van der Waals surface area contributed by atoms with Crippen LogP contribution in [0.5, 0.6) is 0 Å². The second-order valence-electron chi connectivity index (χ2n) is 7.22. The molecule has 0 aromatic heterocycles. The Morgan fingerprint density at radius 2 is 1.90 bits per heavy atom. The molecule has 154 valence electrons. The van der Waals surface area contributed by atoms with Crippen LogP contribution in [0.15, 0.2) is 41.3 Å². The number of benzene rings is 2. The summed E-state index contributed by atoms with van der Waals surface area (Å²) in [6.45, 7) is 2.92. The average Bonchev–Trinajstić information content (AvgIpc) is 2.70. The highest BCUT2D eigenvalue weighted by atomic mass is 127. The Morgan fingerprint density at radius 1 is 1.17 bits per heavy atom. The molecule has 0 unspecified atom stereocenters. The molecule has 0 N–H and O–H groups in total. The number of carbonyl (C=O) groups is 1. The standard InChI is InChI=1S/C20H20ClIN2O4S/c1-13-3-2-4-14-12-28-20(25)24(19(13)14)16-7-9-23(10-8-16)29(26,27)18-11-15(21)5-6-17(18)22/h2-6,11,16H,7-10,12H2,1H3. The van der Waals surface area contributed by atoms with E-state index >= 15 is 0 Å². The van der Waals surface area contributed by atoms with Gasteiger partial charge in [0.2, 0.25) is 10.0 Å². The minimum absolute atomic E-state index is 0.104. The molecule has 0 saturated carbocycles.